The third-order valence-corrected chi connectivity index (χ3v) is 10.9. The molecule has 0 atom stereocenters. The second kappa shape index (κ2) is 14.2. The van der Waals surface area contributed by atoms with Gasteiger partial charge in [0.25, 0.3) is 10.2 Å². The zero-order valence-corrected chi connectivity index (χ0v) is 28.8. The van der Waals surface area contributed by atoms with Crippen LogP contribution in [0.2, 0.25) is 5.02 Å². The molecule has 5 rings (SSSR count). The van der Waals surface area contributed by atoms with Crippen LogP contribution in [0.3, 0.4) is 0 Å². The van der Waals surface area contributed by atoms with E-state index in [-0.39, 0.29) is 19.8 Å². The fourth-order valence-corrected chi connectivity index (χ4v) is 7.54. The summed E-state index contributed by atoms with van der Waals surface area (Å²) in [7, 11) is 4.46. The van der Waals surface area contributed by atoms with Gasteiger partial charge in [0.05, 0.1) is 29.9 Å². The van der Waals surface area contributed by atoms with Crippen LogP contribution in [-0.2, 0) is 48.7 Å². The van der Waals surface area contributed by atoms with Crippen molar-refractivity contribution in [2.45, 2.75) is 26.1 Å². The number of carbonyl (C=O) groups is 1. The van der Waals surface area contributed by atoms with Gasteiger partial charge in [-0.1, -0.05) is 17.7 Å². The number of aliphatic hydroxyl groups excluding tert-OH is 2. The molecule has 0 amide bonds. The summed E-state index contributed by atoms with van der Waals surface area (Å²) < 4.78 is 42.3. The molecule has 0 bridgehead atoms. The summed E-state index contributed by atoms with van der Waals surface area (Å²) in [6.07, 6.45) is 0.915. The molecule has 254 valence electrons. The van der Waals surface area contributed by atoms with Crippen LogP contribution in [0.4, 0.5) is 5.69 Å². The summed E-state index contributed by atoms with van der Waals surface area (Å²) >= 11 is 6.88. The van der Waals surface area contributed by atoms with E-state index >= 15 is 0 Å². The smallest absolute Gasteiger partial charge is 0.354 e. The van der Waals surface area contributed by atoms with E-state index in [1.54, 1.807) is 29.4 Å². The predicted octanol–water partition coefficient (Wildman–Crippen LogP) is 2.94. The Labute approximate surface area is 279 Å². The average Bonchev–Trinajstić information content (AvgIpc) is 3.54. The van der Waals surface area contributed by atoms with Gasteiger partial charge < -0.3 is 29.2 Å². The minimum absolute atomic E-state index is 0.0328. The van der Waals surface area contributed by atoms with Crippen molar-refractivity contribution in [1.82, 2.24) is 23.0 Å². The van der Waals surface area contributed by atoms with E-state index in [9.17, 15) is 23.4 Å². The van der Waals surface area contributed by atoms with Crippen LogP contribution < -0.4 is 9.64 Å². The van der Waals surface area contributed by atoms with Gasteiger partial charge in [-0.25, -0.2) is 4.79 Å². The van der Waals surface area contributed by atoms with Crippen molar-refractivity contribution in [3.05, 3.63) is 64.1 Å². The molecule has 3 heterocycles. The van der Waals surface area contributed by atoms with Gasteiger partial charge in [-0.15, -0.1) is 0 Å². The summed E-state index contributed by atoms with van der Waals surface area (Å²) in [5.74, 6) is 0.104. The highest BCUT2D eigenvalue weighted by atomic mass is 35.5. The number of anilines is 1. The van der Waals surface area contributed by atoms with E-state index in [4.69, 9.17) is 21.1 Å². The lowest BCUT2D eigenvalue weighted by molar-refractivity contribution is 0.0589. The highest BCUT2D eigenvalue weighted by molar-refractivity contribution is 7.86. The molecular formula is C32H41ClN6O7S. The summed E-state index contributed by atoms with van der Waals surface area (Å²) in [4.78, 5) is 15.1. The molecule has 2 N–H and O–H groups in total. The maximum Gasteiger partial charge on any atom is 0.354 e. The Morgan fingerprint density at radius 3 is 2.30 bits per heavy atom. The minimum Gasteiger partial charge on any atom is -0.487 e. The van der Waals surface area contributed by atoms with Gasteiger partial charge >= 0.3 is 5.97 Å². The summed E-state index contributed by atoms with van der Waals surface area (Å²) in [5.41, 5.74) is 5.04. The van der Waals surface area contributed by atoms with Gasteiger partial charge in [-0.05, 0) is 48.7 Å². The number of halogens is 1. The van der Waals surface area contributed by atoms with Gasteiger partial charge in [-0.3, -0.25) is 4.68 Å². The number of methoxy groups -OCH3 is 1. The molecule has 4 aromatic rings. The Hall–Kier alpha value is -3.66. The fourth-order valence-electron chi connectivity index (χ4n) is 6.21. The third kappa shape index (κ3) is 6.58. The number of nitrogens with zero attached hydrogens (tertiary/aromatic N) is 6. The summed E-state index contributed by atoms with van der Waals surface area (Å²) in [6.45, 7) is 1.66. The summed E-state index contributed by atoms with van der Waals surface area (Å²) in [5, 5.41) is 25.9. The minimum atomic E-state index is -3.44. The van der Waals surface area contributed by atoms with Crippen molar-refractivity contribution in [3.8, 4) is 16.9 Å². The van der Waals surface area contributed by atoms with Crippen molar-refractivity contribution in [1.29, 1.82) is 0 Å². The molecule has 13 nitrogen and oxygen atoms in total. The maximum absolute atomic E-state index is 12.9. The number of esters is 1. The van der Waals surface area contributed by atoms with Crippen LogP contribution in [0, 0.1) is 0 Å². The number of aromatic nitrogens is 3. The van der Waals surface area contributed by atoms with Gasteiger partial charge in [0.1, 0.15) is 23.7 Å². The van der Waals surface area contributed by atoms with Gasteiger partial charge in [0.15, 0.2) is 0 Å². The molecule has 0 saturated carbocycles. The number of aliphatic hydroxyl groups is 2. The molecule has 1 aliphatic rings. The number of benzene rings is 2. The molecule has 1 fully saturated rings. The first-order valence-corrected chi connectivity index (χ1v) is 17.0. The van der Waals surface area contributed by atoms with Gasteiger partial charge in [0, 0.05) is 83.2 Å². The van der Waals surface area contributed by atoms with Gasteiger partial charge in [0.2, 0.25) is 0 Å². The van der Waals surface area contributed by atoms with Crippen LogP contribution in [-0.4, -0.2) is 102 Å². The SMILES string of the molecule is COC(=O)c1c(CCCO)c2ccc(Cl)c(-c3c(COc4ccc(N5CCN(S(=O)(=O)N(C)C)CC5)cc4)nn(C)c3CO)c2n1C. The second-order valence-electron chi connectivity index (χ2n) is 11.5. The molecule has 2 aromatic carbocycles. The molecule has 47 heavy (non-hydrogen) atoms. The Morgan fingerprint density at radius 2 is 1.70 bits per heavy atom. The van der Waals surface area contributed by atoms with Crippen LogP contribution in [0.5, 0.6) is 5.75 Å². The lowest BCUT2D eigenvalue weighted by Gasteiger charge is -2.36. The molecule has 15 heteroatoms. The Morgan fingerprint density at radius 1 is 1.02 bits per heavy atom. The standard InChI is InChI=1S/C32H41ClN6O7S/c1-35(2)47(43,44)39-16-14-38(15-17-39)21-8-10-22(11-9-21)46-20-26-29(27(19-41)37(4)34-26)28-25(33)13-12-24-23(7-6-18-40)31(32(42)45-5)36(3)30(24)28/h8-13,40-41H,6-7,14-20H2,1-5H3. The number of fused-ring (bicyclic) bond motifs is 1. The number of hydrogen-bond donors (Lipinski definition) is 2. The lowest BCUT2D eigenvalue weighted by atomic mass is 9.98. The highest BCUT2D eigenvalue weighted by Crippen LogP contribution is 2.42. The maximum atomic E-state index is 12.9. The van der Waals surface area contributed by atoms with Gasteiger partial charge in [-0.2, -0.15) is 22.1 Å². The van der Waals surface area contributed by atoms with Crippen LogP contribution in [0.1, 0.15) is 33.9 Å². The van der Waals surface area contributed by atoms with E-state index in [0.717, 1.165) is 16.6 Å². The summed E-state index contributed by atoms with van der Waals surface area (Å²) in [6, 6.07) is 11.2. The number of aryl methyl sites for hydroxylation is 3. The quantitative estimate of drug-likeness (QED) is 0.215. The highest BCUT2D eigenvalue weighted by Gasteiger charge is 2.30. The van der Waals surface area contributed by atoms with E-state index < -0.39 is 16.2 Å². The average molecular weight is 689 g/mol. The normalized spacial score (nSPS) is 14.4. The molecule has 2 aromatic heterocycles. The van der Waals surface area contributed by atoms with E-state index in [2.05, 4.69) is 10.00 Å². The second-order valence-corrected chi connectivity index (χ2v) is 14.1. The number of carbonyl (C=O) groups excluding carboxylic acids is 1. The largest absolute Gasteiger partial charge is 0.487 e. The lowest BCUT2D eigenvalue weighted by Crippen LogP contribution is -2.51. The first-order chi connectivity index (χ1) is 22.4. The zero-order valence-electron chi connectivity index (χ0n) is 27.2. The molecule has 1 aliphatic heterocycles. The van der Waals surface area contributed by atoms with Crippen LogP contribution in [0.15, 0.2) is 36.4 Å². The first-order valence-electron chi connectivity index (χ1n) is 15.2. The topological polar surface area (TPSA) is 143 Å². The number of piperazine rings is 1. The first kappa shape index (κ1) is 34.7. The van der Waals surface area contributed by atoms with Crippen molar-refractivity contribution in [3.63, 3.8) is 0 Å². The van der Waals surface area contributed by atoms with Crippen molar-refractivity contribution < 1.29 is 32.9 Å². The Bertz CT molecular complexity index is 1860. The molecule has 0 radical (unpaired) electrons. The van der Waals surface area contributed by atoms with Crippen LogP contribution >= 0.6 is 11.6 Å². The monoisotopic (exact) mass is 688 g/mol. The van der Waals surface area contributed by atoms with Crippen LogP contribution in [0.25, 0.3) is 22.0 Å². The van der Waals surface area contributed by atoms with Crippen molar-refractivity contribution in [2.24, 2.45) is 14.1 Å². The van der Waals surface area contributed by atoms with Crippen molar-refractivity contribution >= 4 is 44.4 Å². The van der Waals surface area contributed by atoms with E-state index in [1.807, 2.05) is 30.3 Å². The third-order valence-electron chi connectivity index (χ3n) is 8.61. The predicted molar refractivity (Wildman–Crippen MR) is 180 cm³/mol. The number of rotatable bonds is 12. The molecule has 0 spiro atoms. The molecule has 0 aliphatic carbocycles. The number of hydrogen-bond acceptors (Lipinski definition) is 9. The Kier molecular flexibility index (Phi) is 10.5. The van der Waals surface area contributed by atoms with E-state index in [0.29, 0.717) is 83.5 Å². The fraction of sp³-hybridized carbons (Fsp3) is 0.438. The number of ether oxygens (including phenoxy) is 2. The zero-order chi connectivity index (χ0) is 34.0. The molecule has 0 unspecified atom stereocenters. The Balaban J connectivity index is 1.44. The molecule has 1 saturated heterocycles. The van der Waals surface area contributed by atoms with Crippen molar-refractivity contribution in [2.75, 3.05) is 58.9 Å². The molecular weight excluding hydrogens is 648 g/mol. The van der Waals surface area contributed by atoms with E-state index in [1.165, 1.54) is 29.8 Å².